The lowest BCUT2D eigenvalue weighted by molar-refractivity contribution is -0.145. The quantitative estimate of drug-likeness (QED) is 0.188. The molecule has 16 heteroatoms. The van der Waals surface area contributed by atoms with Crippen LogP contribution in [0.5, 0.6) is 11.5 Å². The van der Waals surface area contributed by atoms with Gasteiger partial charge in [0, 0.05) is 48.2 Å². The first kappa shape index (κ1) is 40.4. The molecule has 3 unspecified atom stereocenters. The predicted octanol–water partition coefficient (Wildman–Crippen LogP) is 5.26. The molecule has 0 bridgehead atoms. The van der Waals surface area contributed by atoms with Crippen LogP contribution in [0.4, 0.5) is 9.93 Å². The van der Waals surface area contributed by atoms with Gasteiger partial charge in [-0.3, -0.25) is 14.4 Å². The van der Waals surface area contributed by atoms with Crippen molar-refractivity contribution in [3.63, 3.8) is 0 Å². The summed E-state index contributed by atoms with van der Waals surface area (Å²) in [5.74, 6) is -1.81. The maximum atomic E-state index is 14.6. The summed E-state index contributed by atoms with van der Waals surface area (Å²) < 4.78 is 12.1. The van der Waals surface area contributed by atoms with Gasteiger partial charge in [-0.2, -0.15) is 0 Å². The number of aromatic nitrogens is 2. The normalized spacial score (nSPS) is 25.4. The van der Waals surface area contributed by atoms with E-state index < -0.39 is 47.5 Å². The minimum absolute atomic E-state index is 0.00278. The van der Waals surface area contributed by atoms with Crippen molar-refractivity contribution in [1.29, 1.82) is 0 Å². The maximum absolute atomic E-state index is 14.6. The lowest BCUT2D eigenvalue weighted by Gasteiger charge is -2.31. The number of pyridine rings is 1. The van der Waals surface area contributed by atoms with Gasteiger partial charge < -0.3 is 40.7 Å². The van der Waals surface area contributed by atoms with Gasteiger partial charge in [0.2, 0.25) is 17.7 Å². The van der Waals surface area contributed by atoms with Gasteiger partial charge in [-0.05, 0) is 50.2 Å². The van der Waals surface area contributed by atoms with Crippen LogP contribution in [0.25, 0.3) is 22.3 Å². The molecule has 1 saturated heterocycles. The number of hydrogen-bond acceptors (Lipinski definition) is 10. The maximum Gasteiger partial charge on any atom is 0.330 e. The van der Waals surface area contributed by atoms with E-state index in [1.54, 1.807) is 30.7 Å². The van der Waals surface area contributed by atoms with E-state index in [9.17, 15) is 29.1 Å². The molecule has 1 saturated carbocycles. The standard InChI is InChI=1S/C40H51N7O8S/c1-22(39(3,4)5)41-37(53)44-28-13-11-9-7-8-10-12-24-19-40(24,36(51)52)46-34(49)32-17-26(20-47(32)35(28)50)55-33-18-30(31-21-56-38(45-31)42-23(2)48)43-29-16-25(54-6)14-15-27(29)33/h10,12,14-16,18,21-22,24,26,28,32H,7-9,11,13,17,19-20H2,1-6H3,(H,46,49)(H,51,52)(H2,41,44,53)(H,42,45,48)/b12-10-/t22-,24?,26-,28?,32+,40?/m1/s1. The summed E-state index contributed by atoms with van der Waals surface area (Å²) >= 11 is 1.25. The molecule has 4 heterocycles. The van der Waals surface area contributed by atoms with Crippen LogP contribution in [0.1, 0.15) is 79.6 Å². The van der Waals surface area contributed by atoms with Gasteiger partial charge in [-0.1, -0.05) is 45.8 Å². The number of nitrogens with one attached hydrogen (secondary N) is 4. The highest BCUT2D eigenvalue weighted by molar-refractivity contribution is 7.14. The molecule has 6 rings (SSSR count). The molecule has 5 amide bonds. The Labute approximate surface area is 330 Å². The van der Waals surface area contributed by atoms with Crippen molar-refractivity contribution >= 4 is 57.1 Å². The molecule has 0 spiro atoms. The molecule has 0 radical (unpaired) electrons. The lowest BCUT2D eigenvalue weighted by Crippen LogP contribution is -2.58. The number of rotatable bonds is 8. The summed E-state index contributed by atoms with van der Waals surface area (Å²) in [6.45, 7) is 9.32. The van der Waals surface area contributed by atoms with E-state index in [1.807, 2.05) is 45.9 Å². The predicted molar refractivity (Wildman–Crippen MR) is 211 cm³/mol. The second-order valence-corrected chi connectivity index (χ2v) is 16.8. The van der Waals surface area contributed by atoms with E-state index in [0.29, 0.717) is 51.8 Å². The monoisotopic (exact) mass is 789 g/mol. The fraction of sp³-hybridized carbons (Fsp3) is 0.525. The van der Waals surface area contributed by atoms with Gasteiger partial charge >= 0.3 is 12.0 Å². The highest BCUT2D eigenvalue weighted by Gasteiger charge is 2.61. The summed E-state index contributed by atoms with van der Waals surface area (Å²) in [5, 5.41) is 24.4. The number of methoxy groups -OCH3 is 1. The van der Waals surface area contributed by atoms with Crippen LogP contribution in [0.2, 0.25) is 0 Å². The number of thiazole rings is 1. The van der Waals surface area contributed by atoms with E-state index in [1.165, 1.54) is 23.2 Å². The Morgan fingerprint density at radius 1 is 1.11 bits per heavy atom. The molecule has 1 aliphatic carbocycles. The second kappa shape index (κ2) is 16.5. The number of nitrogens with zero attached hydrogens (tertiary/aromatic N) is 3. The number of amides is 5. The summed E-state index contributed by atoms with van der Waals surface area (Å²) in [6.07, 6.45) is 6.80. The Bertz CT molecular complexity index is 2030. The van der Waals surface area contributed by atoms with Gasteiger partial charge in [0.15, 0.2) is 5.13 Å². The number of fused-ring (bicyclic) bond motifs is 3. The van der Waals surface area contributed by atoms with E-state index >= 15 is 0 Å². The number of anilines is 1. The highest BCUT2D eigenvalue weighted by atomic mass is 32.1. The number of urea groups is 1. The molecule has 6 atom stereocenters. The first-order valence-corrected chi connectivity index (χ1v) is 19.9. The van der Waals surface area contributed by atoms with Crippen molar-refractivity contribution < 1.29 is 38.6 Å². The topological polar surface area (TPSA) is 201 Å². The van der Waals surface area contributed by atoms with Crippen LogP contribution < -0.4 is 30.7 Å². The molecule has 1 aromatic carbocycles. The Kier molecular flexibility index (Phi) is 11.9. The largest absolute Gasteiger partial charge is 0.497 e. The third-order valence-electron chi connectivity index (χ3n) is 10.9. The number of aliphatic carboxylic acids is 1. The van der Waals surface area contributed by atoms with E-state index in [-0.39, 0.29) is 42.7 Å². The lowest BCUT2D eigenvalue weighted by atomic mass is 9.88. The molecule has 2 fully saturated rings. The summed E-state index contributed by atoms with van der Waals surface area (Å²) in [4.78, 5) is 77.1. The Morgan fingerprint density at radius 2 is 1.89 bits per heavy atom. The van der Waals surface area contributed by atoms with Crippen molar-refractivity contribution in [3.05, 3.63) is 41.8 Å². The van der Waals surface area contributed by atoms with Crippen molar-refractivity contribution in [3.8, 4) is 22.9 Å². The van der Waals surface area contributed by atoms with Gasteiger partial charge in [0.05, 0.1) is 24.9 Å². The number of allylic oxidation sites excluding steroid dienone is 1. The van der Waals surface area contributed by atoms with Gasteiger partial charge in [0.25, 0.3) is 0 Å². The first-order chi connectivity index (χ1) is 26.6. The zero-order chi connectivity index (χ0) is 40.4. The Balaban J connectivity index is 1.34. The van der Waals surface area contributed by atoms with Crippen LogP contribution in [0.15, 0.2) is 41.8 Å². The van der Waals surface area contributed by atoms with Gasteiger partial charge in [0.1, 0.15) is 40.9 Å². The van der Waals surface area contributed by atoms with Crippen molar-refractivity contribution in [2.45, 2.75) is 109 Å². The van der Waals surface area contributed by atoms with Crippen molar-refractivity contribution in [2.75, 3.05) is 19.0 Å². The van der Waals surface area contributed by atoms with E-state index in [0.717, 1.165) is 19.3 Å². The van der Waals surface area contributed by atoms with Gasteiger partial charge in [-0.15, -0.1) is 11.3 Å². The van der Waals surface area contributed by atoms with E-state index in [2.05, 4.69) is 26.3 Å². The van der Waals surface area contributed by atoms with Gasteiger partial charge in [-0.25, -0.2) is 19.6 Å². The fourth-order valence-corrected chi connectivity index (χ4v) is 7.82. The van der Waals surface area contributed by atoms with E-state index in [4.69, 9.17) is 14.5 Å². The summed E-state index contributed by atoms with van der Waals surface area (Å²) in [6, 6.07) is 4.37. The number of ether oxygens (including phenoxy) is 2. The van der Waals surface area contributed by atoms with Crippen LogP contribution >= 0.6 is 11.3 Å². The highest BCUT2D eigenvalue weighted by Crippen LogP contribution is 2.45. The minimum atomic E-state index is -1.47. The Hall–Kier alpha value is -5.25. The molecule has 2 aliphatic heterocycles. The third-order valence-corrected chi connectivity index (χ3v) is 11.7. The van der Waals surface area contributed by atoms with Crippen LogP contribution in [0, 0.1) is 11.3 Å². The third kappa shape index (κ3) is 9.06. The summed E-state index contributed by atoms with van der Waals surface area (Å²) in [7, 11) is 1.55. The second-order valence-electron chi connectivity index (χ2n) is 16.0. The van der Waals surface area contributed by atoms with Crippen molar-refractivity contribution in [1.82, 2.24) is 30.8 Å². The molecule has 15 nitrogen and oxygen atoms in total. The number of carboxylic acid groups (broad SMARTS) is 1. The molecule has 5 N–H and O–H groups in total. The average Bonchev–Trinajstić information content (AvgIpc) is 3.40. The Morgan fingerprint density at radius 3 is 2.61 bits per heavy atom. The van der Waals surface area contributed by atoms with Crippen LogP contribution in [0.3, 0.4) is 0 Å². The average molecular weight is 790 g/mol. The molecular weight excluding hydrogens is 739 g/mol. The first-order valence-electron chi connectivity index (χ1n) is 19.1. The zero-order valence-electron chi connectivity index (χ0n) is 32.6. The SMILES string of the molecule is COc1ccc2c(O[C@@H]3C[C@H]4C(=O)NC5(C(=O)O)CC5/C=C\CCCCCC(NC(=O)N[C@H](C)C(C)(C)C)C(=O)N4C3)cc(-c3csc(NC(C)=O)n3)nc2c1. The number of carboxylic acids is 1. The molecule has 2 aromatic heterocycles. The number of benzene rings is 1. The molecule has 3 aliphatic rings. The zero-order valence-corrected chi connectivity index (χ0v) is 33.5. The number of hydrogen-bond donors (Lipinski definition) is 5. The molecule has 300 valence electrons. The number of carbonyl (C=O) groups excluding carboxylic acids is 4. The number of carbonyl (C=O) groups is 5. The molecular formula is C40H51N7O8S. The minimum Gasteiger partial charge on any atom is -0.497 e. The summed E-state index contributed by atoms with van der Waals surface area (Å²) in [5.41, 5.74) is -0.187. The molecule has 3 aromatic rings. The van der Waals surface area contributed by atoms with Crippen molar-refractivity contribution in [2.24, 2.45) is 11.3 Å². The molecule has 56 heavy (non-hydrogen) atoms. The smallest absolute Gasteiger partial charge is 0.330 e. The fourth-order valence-electron chi connectivity index (χ4n) is 7.07. The van der Waals surface area contributed by atoms with Crippen LogP contribution in [-0.2, 0) is 19.2 Å². The van der Waals surface area contributed by atoms with Crippen LogP contribution in [-0.4, -0.2) is 93.1 Å².